The molecule has 0 radical (unpaired) electrons. The van der Waals surface area contributed by atoms with Gasteiger partial charge in [0.15, 0.2) is 0 Å². The highest BCUT2D eigenvalue weighted by atomic mass is 32.2. The summed E-state index contributed by atoms with van der Waals surface area (Å²) >= 11 is 1.74. The van der Waals surface area contributed by atoms with Crippen LogP contribution in [0.25, 0.3) is 0 Å². The van der Waals surface area contributed by atoms with Crippen molar-refractivity contribution in [2.24, 2.45) is 5.73 Å². The van der Waals surface area contributed by atoms with Gasteiger partial charge >= 0.3 is 0 Å². The van der Waals surface area contributed by atoms with Crippen molar-refractivity contribution in [3.05, 3.63) is 54.1 Å². The highest BCUT2D eigenvalue weighted by molar-refractivity contribution is 7.98. The number of hydrogen-bond acceptors (Lipinski definition) is 3. The van der Waals surface area contributed by atoms with Crippen LogP contribution in [0.15, 0.2) is 53.4 Å². The maximum absolute atomic E-state index is 6.16. The van der Waals surface area contributed by atoms with Gasteiger partial charge in [0.25, 0.3) is 0 Å². The molecule has 0 heterocycles. The van der Waals surface area contributed by atoms with E-state index in [9.17, 15) is 0 Å². The van der Waals surface area contributed by atoms with Gasteiger partial charge in [0.2, 0.25) is 0 Å². The predicted octanol–water partition coefficient (Wildman–Crippen LogP) is 4.56. The van der Waals surface area contributed by atoms with Crippen molar-refractivity contribution in [2.75, 3.05) is 11.6 Å². The summed E-state index contributed by atoms with van der Waals surface area (Å²) < 4.78 is 0. The first kappa shape index (κ1) is 14.0. The van der Waals surface area contributed by atoms with Crippen molar-refractivity contribution < 1.29 is 0 Å². The van der Waals surface area contributed by atoms with E-state index in [1.165, 1.54) is 10.5 Å². The number of para-hydroxylation sites is 1. The highest BCUT2D eigenvalue weighted by Gasteiger charge is 2.08. The molecule has 0 saturated heterocycles. The molecule has 1 atom stereocenters. The van der Waals surface area contributed by atoms with Gasteiger partial charge in [0.05, 0.1) is 0 Å². The number of nitrogens with one attached hydrogen (secondary N) is 1. The van der Waals surface area contributed by atoms with Crippen molar-refractivity contribution in [1.29, 1.82) is 0 Å². The summed E-state index contributed by atoms with van der Waals surface area (Å²) in [5, 5.41) is 3.47. The van der Waals surface area contributed by atoms with Gasteiger partial charge in [-0.2, -0.15) is 0 Å². The van der Waals surface area contributed by atoms with E-state index < -0.39 is 0 Å². The lowest BCUT2D eigenvalue weighted by Crippen LogP contribution is -2.10. The smallest absolute Gasteiger partial charge is 0.0432 e. The fourth-order valence-corrected chi connectivity index (χ4v) is 2.47. The molecule has 19 heavy (non-hydrogen) atoms. The normalized spacial score (nSPS) is 12.2. The van der Waals surface area contributed by atoms with Crippen LogP contribution in [0, 0.1) is 0 Å². The first-order valence-corrected chi connectivity index (χ1v) is 7.72. The molecule has 0 unspecified atom stereocenters. The van der Waals surface area contributed by atoms with E-state index in [1.807, 2.05) is 12.1 Å². The zero-order valence-corrected chi connectivity index (χ0v) is 12.2. The summed E-state index contributed by atoms with van der Waals surface area (Å²) in [6.07, 6.45) is 3.02. The average Bonchev–Trinajstić information content (AvgIpc) is 2.47. The lowest BCUT2D eigenvalue weighted by molar-refractivity contribution is 0.700. The fourth-order valence-electron chi connectivity index (χ4n) is 2.01. The van der Waals surface area contributed by atoms with Crippen LogP contribution in [0.3, 0.4) is 0 Å². The molecule has 0 aliphatic carbocycles. The Kier molecular flexibility index (Phi) is 4.88. The largest absolute Gasteiger partial charge is 0.355 e. The summed E-state index contributed by atoms with van der Waals surface area (Å²) in [5.41, 5.74) is 9.52. The molecule has 0 saturated carbocycles. The quantitative estimate of drug-likeness (QED) is 0.783. The van der Waals surface area contributed by atoms with Crippen LogP contribution in [-0.4, -0.2) is 6.26 Å². The molecular weight excluding hydrogens is 252 g/mol. The first-order chi connectivity index (χ1) is 9.24. The number of nitrogens with two attached hydrogens (primary N) is 1. The van der Waals surface area contributed by atoms with E-state index in [-0.39, 0.29) is 6.04 Å². The minimum atomic E-state index is 0.0763. The van der Waals surface area contributed by atoms with E-state index in [4.69, 9.17) is 5.73 Å². The third kappa shape index (κ3) is 3.52. The molecule has 0 bridgehead atoms. The molecule has 0 aromatic heterocycles. The molecule has 2 aromatic rings. The molecule has 2 nitrogen and oxygen atoms in total. The highest BCUT2D eigenvalue weighted by Crippen LogP contribution is 2.28. The molecule has 0 spiro atoms. The van der Waals surface area contributed by atoms with Crippen molar-refractivity contribution in [3.63, 3.8) is 0 Å². The Hall–Kier alpha value is -1.45. The van der Waals surface area contributed by atoms with Gasteiger partial charge in [0, 0.05) is 22.3 Å². The zero-order valence-electron chi connectivity index (χ0n) is 11.4. The Morgan fingerprint density at radius 1 is 1.16 bits per heavy atom. The van der Waals surface area contributed by atoms with Gasteiger partial charge in [-0.15, -0.1) is 11.8 Å². The Labute approximate surface area is 119 Å². The summed E-state index contributed by atoms with van der Waals surface area (Å²) in [7, 11) is 0. The summed E-state index contributed by atoms with van der Waals surface area (Å²) in [4.78, 5) is 1.25. The predicted molar refractivity (Wildman–Crippen MR) is 85.2 cm³/mol. The Morgan fingerprint density at radius 2 is 1.95 bits per heavy atom. The molecule has 0 aliphatic rings. The minimum absolute atomic E-state index is 0.0763. The minimum Gasteiger partial charge on any atom is -0.355 e. The standard InChI is InChI=1S/C16H20N2S/c1-3-15(17)14-9-4-5-10-16(14)18-12-7-6-8-13(11-12)19-2/h4-11,15,18H,3,17H2,1-2H3/t15-/m0/s1. The van der Waals surface area contributed by atoms with Gasteiger partial charge < -0.3 is 11.1 Å². The second kappa shape index (κ2) is 6.64. The maximum atomic E-state index is 6.16. The lowest BCUT2D eigenvalue weighted by atomic mass is 10.0. The van der Waals surface area contributed by atoms with E-state index in [0.29, 0.717) is 0 Å². The summed E-state index contributed by atoms with van der Waals surface area (Å²) in [5.74, 6) is 0. The van der Waals surface area contributed by atoms with Crippen LogP contribution < -0.4 is 11.1 Å². The topological polar surface area (TPSA) is 38.0 Å². The van der Waals surface area contributed by atoms with Gasteiger partial charge in [-0.25, -0.2) is 0 Å². The Bertz CT molecular complexity index is 540. The van der Waals surface area contributed by atoms with E-state index in [0.717, 1.165) is 17.8 Å². The second-order valence-electron chi connectivity index (χ2n) is 4.46. The monoisotopic (exact) mass is 272 g/mol. The van der Waals surface area contributed by atoms with Crippen LogP contribution in [0.5, 0.6) is 0 Å². The van der Waals surface area contributed by atoms with Gasteiger partial charge in [-0.1, -0.05) is 31.2 Å². The lowest BCUT2D eigenvalue weighted by Gasteiger charge is -2.16. The van der Waals surface area contributed by atoms with E-state index in [2.05, 4.69) is 54.9 Å². The fraction of sp³-hybridized carbons (Fsp3) is 0.250. The summed E-state index contributed by atoms with van der Waals surface area (Å²) in [6, 6.07) is 16.7. The van der Waals surface area contributed by atoms with Gasteiger partial charge in [-0.05, 0) is 42.5 Å². The van der Waals surface area contributed by atoms with Crippen molar-refractivity contribution in [3.8, 4) is 0 Å². The third-order valence-corrected chi connectivity index (χ3v) is 3.87. The summed E-state index contributed by atoms with van der Waals surface area (Å²) in [6.45, 7) is 2.11. The van der Waals surface area contributed by atoms with Crippen molar-refractivity contribution >= 4 is 23.1 Å². The molecular formula is C16H20N2S. The Balaban J connectivity index is 2.27. The van der Waals surface area contributed by atoms with Crippen LogP contribution in [0.4, 0.5) is 11.4 Å². The van der Waals surface area contributed by atoms with E-state index >= 15 is 0 Å². The number of hydrogen-bond donors (Lipinski definition) is 2. The molecule has 3 N–H and O–H groups in total. The second-order valence-corrected chi connectivity index (χ2v) is 5.34. The SMILES string of the molecule is CC[C@H](N)c1ccccc1Nc1cccc(SC)c1. The number of anilines is 2. The van der Waals surface area contributed by atoms with Crippen molar-refractivity contribution in [1.82, 2.24) is 0 Å². The molecule has 2 aromatic carbocycles. The van der Waals surface area contributed by atoms with Gasteiger partial charge in [0.1, 0.15) is 0 Å². The van der Waals surface area contributed by atoms with E-state index in [1.54, 1.807) is 11.8 Å². The molecule has 0 amide bonds. The average molecular weight is 272 g/mol. The van der Waals surface area contributed by atoms with Crippen molar-refractivity contribution in [2.45, 2.75) is 24.3 Å². The molecule has 2 rings (SSSR count). The molecule has 100 valence electrons. The Morgan fingerprint density at radius 3 is 2.68 bits per heavy atom. The van der Waals surface area contributed by atoms with Gasteiger partial charge in [-0.3, -0.25) is 0 Å². The number of rotatable bonds is 5. The van der Waals surface area contributed by atoms with Crippen LogP contribution in [0.2, 0.25) is 0 Å². The van der Waals surface area contributed by atoms with Crippen LogP contribution in [-0.2, 0) is 0 Å². The number of benzene rings is 2. The molecule has 0 fully saturated rings. The van der Waals surface area contributed by atoms with Crippen LogP contribution >= 0.6 is 11.8 Å². The van der Waals surface area contributed by atoms with Crippen LogP contribution in [0.1, 0.15) is 24.9 Å². The molecule has 3 heteroatoms. The zero-order chi connectivity index (χ0) is 13.7. The first-order valence-electron chi connectivity index (χ1n) is 6.50. The molecule has 0 aliphatic heterocycles. The number of thioether (sulfide) groups is 1. The maximum Gasteiger partial charge on any atom is 0.0432 e. The third-order valence-electron chi connectivity index (χ3n) is 3.15.